The SMILES string of the molecule is C#Cc1ccc(CC(=O)N=C=S)cc1F. The monoisotopic (exact) mass is 219 g/mol. The molecular formula is C11H6FNOS. The van der Waals surface area contributed by atoms with E-state index in [1.54, 1.807) is 6.07 Å². The lowest BCUT2D eigenvalue weighted by atomic mass is 10.1. The topological polar surface area (TPSA) is 29.4 Å². The minimum absolute atomic E-state index is 0.00852. The summed E-state index contributed by atoms with van der Waals surface area (Å²) in [5, 5.41) is 1.96. The largest absolute Gasteiger partial charge is 0.271 e. The molecule has 0 spiro atoms. The van der Waals surface area contributed by atoms with E-state index in [0.29, 0.717) is 5.56 Å². The number of nitrogens with zero attached hydrogens (tertiary/aromatic N) is 1. The Morgan fingerprint density at radius 3 is 2.87 bits per heavy atom. The van der Waals surface area contributed by atoms with Gasteiger partial charge in [0, 0.05) is 0 Å². The number of hydrogen-bond donors (Lipinski definition) is 0. The van der Waals surface area contributed by atoms with Gasteiger partial charge in [0.15, 0.2) is 0 Å². The van der Waals surface area contributed by atoms with Crippen LogP contribution in [0.15, 0.2) is 23.2 Å². The maximum Gasteiger partial charge on any atom is 0.258 e. The van der Waals surface area contributed by atoms with Gasteiger partial charge in [0.2, 0.25) is 0 Å². The first-order valence-electron chi connectivity index (χ1n) is 4.03. The molecule has 1 aromatic carbocycles. The van der Waals surface area contributed by atoms with Gasteiger partial charge in [-0.05, 0) is 29.9 Å². The van der Waals surface area contributed by atoms with Crippen LogP contribution >= 0.6 is 12.2 Å². The van der Waals surface area contributed by atoms with E-state index in [4.69, 9.17) is 6.42 Å². The lowest BCUT2D eigenvalue weighted by Crippen LogP contribution is -1.99. The van der Waals surface area contributed by atoms with Crippen molar-refractivity contribution in [3.8, 4) is 12.3 Å². The lowest BCUT2D eigenvalue weighted by molar-refractivity contribution is -0.117. The molecular weight excluding hydrogens is 213 g/mol. The van der Waals surface area contributed by atoms with Crippen molar-refractivity contribution in [2.75, 3.05) is 0 Å². The number of hydrogen-bond acceptors (Lipinski definition) is 2. The summed E-state index contributed by atoms with van der Waals surface area (Å²) >= 11 is 4.27. The molecule has 0 bridgehead atoms. The standard InChI is InChI=1S/C11H6FNOS/c1-2-9-4-3-8(5-10(9)12)6-11(14)13-7-15/h1,3-5H,6H2. The maximum atomic E-state index is 13.2. The second-order valence-electron chi connectivity index (χ2n) is 2.73. The van der Waals surface area contributed by atoms with E-state index in [2.05, 4.69) is 23.1 Å². The fourth-order valence-electron chi connectivity index (χ4n) is 1.05. The van der Waals surface area contributed by atoms with Crippen LogP contribution in [0.25, 0.3) is 0 Å². The van der Waals surface area contributed by atoms with Crippen molar-refractivity contribution in [2.24, 2.45) is 4.99 Å². The van der Waals surface area contributed by atoms with E-state index in [1.165, 1.54) is 12.1 Å². The Labute approximate surface area is 91.8 Å². The van der Waals surface area contributed by atoms with Crippen LogP contribution < -0.4 is 0 Å². The van der Waals surface area contributed by atoms with Crippen LogP contribution in [-0.2, 0) is 11.2 Å². The number of amides is 1. The van der Waals surface area contributed by atoms with Gasteiger partial charge in [0.25, 0.3) is 5.91 Å². The molecule has 0 N–H and O–H groups in total. The first-order valence-corrected chi connectivity index (χ1v) is 4.44. The Morgan fingerprint density at radius 1 is 1.60 bits per heavy atom. The van der Waals surface area contributed by atoms with Crippen LogP contribution in [0.1, 0.15) is 11.1 Å². The van der Waals surface area contributed by atoms with Gasteiger partial charge in [0.05, 0.1) is 17.1 Å². The molecule has 2 nitrogen and oxygen atoms in total. The Morgan fingerprint density at radius 2 is 2.33 bits per heavy atom. The highest BCUT2D eigenvalue weighted by atomic mass is 32.1. The highest BCUT2D eigenvalue weighted by Crippen LogP contribution is 2.10. The fraction of sp³-hybridized carbons (Fsp3) is 0.0909. The van der Waals surface area contributed by atoms with Crippen molar-refractivity contribution in [3.05, 3.63) is 35.1 Å². The maximum absolute atomic E-state index is 13.2. The molecule has 1 rings (SSSR count). The summed E-state index contributed by atoms with van der Waals surface area (Å²) in [5.74, 6) is 1.21. The van der Waals surface area contributed by atoms with E-state index in [0.717, 1.165) is 0 Å². The second-order valence-corrected chi connectivity index (χ2v) is 2.91. The number of carbonyl (C=O) groups is 1. The predicted octanol–water partition coefficient (Wildman–Crippen LogP) is 1.98. The molecule has 0 fully saturated rings. The molecule has 1 amide bonds. The number of carbonyl (C=O) groups excluding carboxylic acids is 1. The van der Waals surface area contributed by atoms with Crippen LogP contribution in [0.3, 0.4) is 0 Å². The van der Waals surface area contributed by atoms with E-state index < -0.39 is 11.7 Å². The number of benzene rings is 1. The molecule has 0 atom stereocenters. The number of rotatable bonds is 2. The van der Waals surface area contributed by atoms with E-state index in [-0.39, 0.29) is 12.0 Å². The molecule has 0 aliphatic rings. The third kappa shape index (κ3) is 3.10. The third-order valence-electron chi connectivity index (χ3n) is 1.71. The summed E-state index contributed by atoms with van der Waals surface area (Å²) in [4.78, 5) is 14.3. The quantitative estimate of drug-likeness (QED) is 0.432. The second kappa shape index (κ2) is 5.16. The zero-order valence-corrected chi connectivity index (χ0v) is 8.47. The number of terminal acetylenes is 1. The summed E-state index contributed by atoms with van der Waals surface area (Å²) in [7, 11) is 0. The van der Waals surface area contributed by atoms with Gasteiger partial charge in [-0.1, -0.05) is 12.0 Å². The molecule has 0 unspecified atom stereocenters. The zero-order valence-electron chi connectivity index (χ0n) is 7.66. The van der Waals surface area contributed by atoms with Crippen molar-refractivity contribution in [3.63, 3.8) is 0 Å². The van der Waals surface area contributed by atoms with Crippen molar-refractivity contribution in [1.82, 2.24) is 0 Å². The van der Waals surface area contributed by atoms with Gasteiger partial charge >= 0.3 is 0 Å². The summed E-state index contributed by atoms with van der Waals surface area (Å²) < 4.78 is 13.2. The van der Waals surface area contributed by atoms with Crippen LogP contribution in [0, 0.1) is 18.2 Å². The molecule has 4 heteroatoms. The minimum Gasteiger partial charge on any atom is -0.271 e. The van der Waals surface area contributed by atoms with Crippen LogP contribution in [0.4, 0.5) is 4.39 Å². The molecule has 0 saturated heterocycles. The number of halogens is 1. The normalized spacial score (nSPS) is 8.80. The first-order chi connectivity index (χ1) is 7.17. The zero-order chi connectivity index (χ0) is 11.3. The highest BCUT2D eigenvalue weighted by Gasteiger charge is 2.04. The average Bonchev–Trinajstić information content (AvgIpc) is 2.18. The van der Waals surface area contributed by atoms with Crippen molar-refractivity contribution < 1.29 is 9.18 Å². The summed E-state index contributed by atoms with van der Waals surface area (Å²) in [6, 6.07) is 4.24. The summed E-state index contributed by atoms with van der Waals surface area (Å²) in [6.07, 6.45) is 5.04. The lowest BCUT2D eigenvalue weighted by Gasteiger charge is -1.99. The molecule has 0 aliphatic carbocycles. The summed E-state index contributed by atoms with van der Waals surface area (Å²) in [6.45, 7) is 0. The van der Waals surface area contributed by atoms with E-state index in [1.807, 2.05) is 5.16 Å². The Bertz CT molecular complexity index is 484. The third-order valence-corrected chi connectivity index (χ3v) is 1.81. The van der Waals surface area contributed by atoms with Gasteiger partial charge < -0.3 is 0 Å². The van der Waals surface area contributed by atoms with E-state index >= 15 is 0 Å². The molecule has 0 aromatic heterocycles. The Kier molecular flexibility index (Phi) is 3.87. The van der Waals surface area contributed by atoms with Gasteiger partial charge in [-0.3, -0.25) is 4.79 Å². The van der Waals surface area contributed by atoms with Gasteiger partial charge in [-0.2, -0.15) is 4.99 Å². The fourth-order valence-corrected chi connectivity index (χ4v) is 1.15. The number of thiocarbonyl (C=S) groups is 1. The molecule has 0 aliphatic heterocycles. The predicted molar refractivity (Wildman–Crippen MR) is 58.1 cm³/mol. The molecule has 0 heterocycles. The number of isothiocyanates is 1. The molecule has 0 radical (unpaired) electrons. The van der Waals surface area contributed by atoms with Crippen molar-refractivity contribution in [1.29, 1.82) is 0 Å². The smallest absolute Gasteiger partial charge is 0.258 e. The molecule has 1 aromatic rings. The van der Waals surface area contributed by atoms with Crippen LogP contribution in [0.2, 0.25) is 0 Å². The summed E-state index contributed by atoms with van der Waals surface area (Å²) in [5.41, 5.74) is 0.676. The minimum atomic E-state index is -0.519. The first kappa shape index (κ1) is 11.3. The highest BCUT2D eigenvalue weighted by molar-refractivity contribution is 7.78. The van der Waals surface area contributed by atoms with Gasteiger partial charge in [0.1, 0.15) is 5.82 Å². The average molecular weight is 219 g/mol. The molecule has 0 saturated carbocycles. The van der Waals surface area contributed by atoms with Crippen molar-refractivity contribution in [2.45, 2.75) is 6.42 Å². The molecule has 15 heavy (non-hydrogen) atoms. The number of aliphatic imine (C=N–C) groups is 1. The Balaban J connectivity index is 2.90. The van der Waals surface area contributed by atoms with Crippen LogP contribution in [-0.4, -0.2) is 11.1 Å². The van der Waals surface area contributed by atoms with Gasteiger partial charge in [-0.25, -0.2) is 4.39 Å². The van der Waals surface area contributed by atoms with Crippen LogP contribution in [0.5, 0.6) is 0 Å². The van der Waals surface area contributed by atoms with Gasteiger partial charge in [-0.15, -0.1) is 6.42 Å². The molecule has 74 valence electrons. The van der Waals surface area contributed by atoms with E-state index in [9.17, 15) is 9.18 Å². The Hall–Kier alpha value is -1.82. The van der Waals surface area contributed by atoms with Crippen molar-refractivity contribution >= 4 is 23.3 Å².